The molecule has 15 heavy (non-hydrogen) atoms. The van der Waals surface area contributed by atoms with Gasteiger partial charge in [0.2, 0.25) is 5.88 Å². The highest BCUT2D eigenvalue weighted by Gasteiger charge is 2.14. The molecule has 2 heterocycles. The van der Waals surface area contributed by atoms with Gasteiger partial charge in [0.05, 0.1) is 11.8 Å². The predicted octanol–water partition coefficient (Wildman–Crippen LogP) is 2.57. The van der Waals surface area contributed by atoms with E-state index in [2.05, 4.69) is 23.4 Å². The van der Waals surface area contributed by atoms with Crippen LogP contribution in [0.4, 0.5) is 5.88 Å². The molecule has 0 radical (unpaired) electrons. The molecule has 0 amide bonds. The van der Waals surface area contributed by atoms with E-state index < -0.39 is 0 Å². The Labute approximate surface area is 91.6 Å². The van der Waals surface area contributed by atoms with Gasteiger partial charge in [0.25, 0.3) is 0 Å². The topological polar surface area (TPSA) is 52.0 Å². The van der Waals surface area contributed by atoms with Crippen molar-refractivity contribution in [2.24, 2.45) is 0 Å². The average Bonchev–Trinajstić information content (AvgIpc) is 2.84. The number of thioether (sulfide) groups is 1. The highest BCUT2D eigenvalue weighted by molar-refractivity contribution is 7.99. The van der Waals surface area contributed by atoms with Crippen LogP contribution < -0.4 is 5.73 Å². The second-order valence-corrected chi connectivity index (χ2v) is 4.66. The van der Waals surface area contributed by atoms with Gasteiger partial charge in [-0.2, -0.15) is 0 Å². The van der Waals surface area contributed by atoms with Crippen LogP contribution in [0.3, 0.4) is 0 Å². The molecule has 0 fully saturated rings. The molecule has 2 N–H and O–H groups in total. The van der Waals surface area contributed by atoms with E-state index >= 15 is 0 Å². The van der Waals surface area contributed by atoms with E-state index in [0.29, 0.717) is 5.88 Å². The van der Waals surface area contributed by atoms with E-state index in [4.69, 9.17) is 10.3 Å². The van der Waals surface area contributed by atoms with Gasteiger partial charge in [-0.1, -0.05) is 11.2 Å². The smallest absolute Gasteiger partial charge is 0.229 e. The Morgan fingerprint density at radius 2 is 2.33 bits per heavy atom. The number of nitrogens with two attached hydrogens (primary N) is 1. The van der Waals surface area contributed by atoms with E-state index in [0.717, 1.165) is 17.5 Å². The summed E-state index contributed by atoms with van der Waals surface area (Å²) in [5.74, 6) is 1.57. The summed E-state index contributed by atoms with van der Waals surface area (Å²) in [7, 11) is 0. The minimum absolute atomic E-state index is 0.389. The summed E-state index contributed by atoms with van der Waals surface area (Å²) in [6.45, 7) is 0. The van der Waals surface area contributed by atoms with E-state index in [-0.39, 0.29) is 0 Å². The van der Waals surface area contributed by atoms with Crippen molar-refractivity contribution < 1.29 is 4.52 Å². The third-order valence-electron chi connectivity index (χ3n) is 2.60. The fourth-order valence-corrected chi connectivity index (χ4v) is 2.87. The molecule has 0 atom stereocenters. The molecule has 0 spiro atoms. The first-order valence-corrected chi connectivity index (χ1v) is 5.79. The zero-order valence-corrected chi connectivity index (χ0v) is 8.88. The van der Waals surface area contributed by atoms with Gasteiger partial charge in [-0.3, -0.25) is 0 Å². The molecule has 4 heteroatoms. The maximum absolute atomic E-state index is 5.68. The summed E-state index contributed by atoms with van der Waals surface area (Å²) in [5, 5.41) is 3.69. The Morgan fingerprint density at radius 1 is 1.40 bits per heavy atom. The minimum Gasteiger partial charge on any atom is -0.367 e. The molecule has 0 saturated heterocycles. The van der Waals surface area contributed by atoms with Gasteiger partial charge in [0.15, 0.2) is 0 Å². The number of hydrogen-bond donors (Lipinski definition) is 1. The first-order valence-electron chi connectivity index (χ1n) is 4.81. The number of hydrogen-bond acceptors (Lipinski definition) is 4. The van der Waals surface area contributed by atoms with Crippen LogP contribution >= 0.6 is 11.8 Å². The molecule has 3 rings (SSSR count). The summed E-state index contributed by atoms with van der Waals surface area (Å²) in [4.78, 5) is 1.38. The fraction of sp³-hybridized carbons (Fsp3) is 0.182. The van der Waals surface area contributed by atoms with Gasteiger partial charge in [-0.15, -0.1) is 11.8 Å². The van der Waals surface area contributed by atoms with Crippen molar-refractivity contribution in [3.05, 3.63) is 30.0 Å². The van der Waals surface area contributed by atoms with Crippen LogP contribution in [0.25, 0.3) is 11.1 Å². The lowest BCUT2D eigenvalue weighted by atomic mass is 10.0. The minimum atomic E-state index is 0.389. The van der Waals surface area contributed by atoms with Gasteiger partial charge >= 0.3 is 0 Å². The van der Waals surface area contributed by atoms with E-state index in [9.17, 15) is 0 Å². The SMILES string of the molecule is Nc1oncc1-c1ccc2c(c1)CCS2. The molecule has 0 unspecified atom stereocenters. The number of rotatable bonds is 1. The van der Waals surface area contributed by atoms with Gasteiger partial charge in [-0.05, 0) is 29.7 Å². The molecule has 0 aliphatic carbocycles. The fourth-order valence-electron chi connectivity index (χ4n) is 1.82. The van der Waals surface area contributed by atoms with Gasteiger partial charge in [0.1, 0.15) is 0 Å². The Hall–Kier alpha value is -1.42. The number of anilines is 1. The Bertz CT molecular complexity index is 507. The summed E-state index contributed by atoms with van der Waals surface area (Å²) >= 11 is 1.91. The maximum Gasteiger partial charge on any atom is 0.229 e. The van der Waals surface area contributed by atoms with Crippen molar-refractivity contribution in [1.82, 2.24) is 5.16 Å². The molecule has 76 valence electrons. The zero-order chi connectivity index (χ0) is 10.3. The van der Waals surface area contributed by atoms with Crippen LogP contribution in [-0.2, 0) is 6.42 Å². The Kier molecular flexibility index (Phi) is 1.95. The maximum atomic E-state index is 5.68. The molecule has 0 saturated carbocycles. The highest BCUT2D eigenvalue weighted by Crippen LogP contribution is 2.35. The predicted molar refractivity (Wildman–Crippen MR) is 60.8 cm³/mol. The van der Waals surface area contributed by atoms with Gasteiger partial charge < -0.3 is 10.3 Å². The highest BCUT2D eigenvalue weighted by atomic mass is 32.2. The van der Waals surface area contributed by atoms with Gasteiger partial charge in [0, 0.05) is 10.6 Å². The summed E-state index contributed by atoms with van der Waals surface area (Å²) < 4.78 is 4.86. The average molecular weight is 218 g/mol. The Morgan fingerprint density at radius 3 is 3.13 bits per heavy atom. The Balaban J connectivity index is 2.11. The number of benzene rings is 1. The number of nitrogens with zero attached hydrogens (tertiary/aromatic N) is 1. The van der Waals surface area contributed by atoms with E-state index in [1.807, 2.05) is 11.8 Å². The van der Waals surface area contributed by atoms with Crippen LogP contribution in [0, 0.1) is 0 Å². The summed E-state index contributed by atoms with van der Waals surface area (Å²) in [6, 6.07) is 6.40. The molecular formula is C11H10N2OS. The second kappa shape index (κ2) is 3.31. The molecule has 1 aliphatic rings. The molecule has 1 aromatic heterocycles. The lowest BCUT2D eigenvalue weighted by Crippen LogP contribution is -1.86. The molecule has 0 bridgehead atoms. The number of nitrogen functional groups attached to an aromatic ring is 1. The third-order valence-corrected chi connectivity index (χ3v) is 3.72. The van der Waals surface area contributed by atoms with Crippen LogP contribution in [0.5, 0.6) is 0 Å². The lowest BCUT2D eigenvalue weighted by Gasteiger charge is -2.01. The number of aromatic nitrogens is 1. The van der Waals surface area contributed by atoms with Crippen molar-refractivity contribution in [2.45, 2.75) is 11.3 Å². The molecule has 1 aromatic carbocycles. The van der Waals surface area contributed by atoms with E-state index in [1.54, 1.807) is 6.20 Å². The van der Waals surface area contributed by atoms with Crippen molar-refractivity contribution in [1.29, 1.82) is 0 Å². The molecule has 1 aliphatic heterocycles. The lowest BCUT2D eigenvalue weighted by molar-refractivity contribution is 0.436. The first-order chi connectivity index (χ1) is 7.34. The van der Waals surface area contributed by atoms with Gasteiger partial charge in [-0.25, -0.2) is 0 Å². The van der Waals surface area contributed by atoms with E-state index in [1.165, 1.54) is 16.2 Å². The second-order valence-electron chi connectivity index (χ2n) is 3.52. The van der Waals surface area contributed by atoms with Crippen molar-refractivity contribution >= 4 is 17.6 Å². The van der Waals surface area contributed by atoms with Crippen LogP contribution in [0.1, 0.15) is 5.56 Å². The van der Waals surface area contributed by atoms with Crippen molar-refractivity contribution in [2.75, 3.05) is 11.5 Å². The standard InChI is InChI=1S/C11H10N2OS/c12-11-9(6-13-14-11)7-1-2-10-8(5-7)3-4-15-10/h1-2,5-6H,3-4,12H2. The van der Waals surface area contributed by atoms with Crippen LogP contribution in [0.15, 0.2) is 33.8 Å². The zero-order valence-electron chi connectivity index (χ0n) is 8.06. The molecular weight excluding hydrogens is 208 g/mol. The quantitative estimate of drug-likeness (QED) is 0.799. The van der Waals surface area contributed by atoms with Crippen LogP contribution in [0.2, 0.25) is 0 Å². The van der Waals surface area contributed by atoms with Crippen LogP contribution in [-0.4, -0.2) is 10.9 Å². The summed E-state index contributed by atoms with van der Waals surface area (Å²) in [6.07, 6.45) is 2.80. The normalized spacial score (nSPS) is 14.1. The number of fused-ring (bicyclic) bond motifs is 1. The first kappa shape index (κ1) is 8.85. The number of aryl methyl sites for hydroxylation is 1. The molecule has 3 nitrogen and oxygen atoms in total. The van der Waals surface area contributed by atoms with Crippen molar-refractivity contribution in [3.63, 3.8) is 0 Å². The molecule has 2 aromatic rings. The third kappa shape index (κ3) is 1.41. The largest absolute Gasteiger partial charge is 0.367 e. The van der Waals surface area contributed by atoms with Crippen molar-refractivity contribution in [3.8, 4) is 11.1 Å². The monoisotopic (exact) mass is 218 g/mol. The summed E-state index contributed by atoms with van der Waals surface area (Å²) in [5.41, 5.74) is 9.06.